The Morgan fingerprint density at radius 3 is 2.83 bits per heavy atom. The highest BCUT2D eigenvalue weighted by Crippen LogP contribution is 2.31. The Morgan fingerprint density at radius 1 is 1.45 bits per heavy atom. The van der Waals surface area contributed by atoms with Crippen LogP contribution in [-0.4, -0.2) is 74.5 Å². The highest BCUT2D eigenvalue weighted by atomic mass is 28.3. The van der Waals surface area contributed by atoms with Crippen molar-refractivity contribution in [3.05, 3.63) is 23.8 Å². The minimum atomic E-state index is -1.15. The van der Waals surface area contributed by atoms with E-state index in [1.54, 1.807) is 18.2 Å². The van der Waals surface area contributed by atoms with E-state index in [1.165, 1.54) is 0 Å². The fourth-order valence-electron chi connectivity index (χ4n) is 3.78. The van der Waals surface area contributed by atoms with Crippen molar-refractivity contribution in [2.45, 2.75) is 51.1 Å². The van der Waals surface area contributed by atoms with Crippen LogP contribution < -0.4 is 10.2 Å². The molecule has 1 aromatic rings. The van der Waals surface area contributed by atoms with Crippen LogP contribution in [0.4, 0.5) is 0 Å². The minimum Gasteiger partial charge on any atom is -0.508 e. The Bertz CT molecular complexity index is 718. The van der Waals surface area contributed by atoms with Gasteiger partial charge in [-0.2, -0.15) is 0 Å². The van der Waals surface area contributed by atoms with Crippen molar-refractivity contribution in [1.29, 1.82) is 5.41 Å². The van der Waals surface area contributed by atoms with Gasteiger partial charge < -0.3 is 19.5 Å². The highest BCUT2D eigenvalue weighted by Gasteiger charge is 2.36. The number of hydrazine groups is 1. The summed E-state index contributed by atoms with van der Waals surface area (Å²) in [6.07, 6.45) is 0.693. The molecule has 2 heterocycles. The number of hydrogen-bond acceptors (Lipinski definition) is 6. The molecule has 2 aliphatic heterocycles. The molecule has 1 aromatic carbocycles. The molecular weight excluding hydrogens is 384 g/mol. The molecule has 0 aliphatic carbocycles. The van der Waals surface area contributed by atoms with Crippen molar-refractivity contribution in [3.63, 3.8) is 0 Å². The average Bonchev–Trinajstić information content (AvgIpc) is 2.63. The molecule has 8 heteroatoms. The van der Waals surface area contributed by atoms with E-state index in [1.807, 2.05) is 7.05 Å². The lowest BCUT2D eigenvalue weighted by molar-refractivity contribution is -0.00733. The number of hydrogen-bond donors (Lipinski definition) is 3. The van der Waals surface area contributed by atoms with Crippen LogP contribution in [0.15, 0.2) is 18.2 Å². The van der Waals surface area contributed by atoms with E-state index in [9.17, 15) is 5.11 Å². The molecule has 0 bridgehead atoms. The summed E-state index contributed by atoms with van der Waals surface area (Å²) in [5, 5.41) is 20.8. The summed E-state index contributed by atoms with van der Waals surface area (Å²) in [6.45, 7) is 11.8. The van der Waals surface area contributed by atoms with Gasteiger partial charge in [0.15, 0.2) is 0 Å². The molecule has 2 aliphatic rings. The lowest BCUT2D eigenvalue weighted by Gasteiger charge is -2.46. The van der Waals surface area contributed by atoms with Gasteiger partial charge in [-0.05, 0) is 43.2 Å². The van der Waals surface area contributed by atoms with Gasteiger partial charge in [-0.3, -0.25) is 5.41 Å². The van der Waals surface area contributed by atoms with Gasteiger partial charge in [0.2, 0.25) is 0 Å². The first-order valence-corrected chi connectivity index (χ1v) is 14.2. The van der Waals surface area contributed by atoms with Crippen LogP contribution in [0.5, 0.6) is 11.5 Å². The van der Waals surface area contributed by atoms with Crippen LogP contribution in [0.25, 0.3) is 0 Å². The van der Waals surface area contributed by atoms with Crippen LogP contribution in [0.2, 0.25) is 25.7 Å². The second-order valence-electron chi connectivity index (χ2n) is 9.56. The maximum Gasteiger partial charge on any atom is 0.122 e. The first-order valence-electron chi connectivity index (χ1n) is 10.5. The van der Waals surface area contributed by atoms with Crippen LogP contribution in [-0.2, 0) is 11.2 Å². The zero-order valence-corrected chi connectivity index (χ0v) is 19.4. The summed E-state index contributed by atoms with van der Waals surface area (Å²) < 4.78 is 11.9. The monoisotopic (exact) mass is 420 g/mol. The van der Waals surface area contributed by atoms with Crippen LogP contribution >= 0.6 is 0 Å². The van der Waals surface area contributed by atoms with E-state index >= 15 is 0 Å². The molecule has 0 aromatic heterocycles. The number of fused-ring (bicyclic) bond motifs is 1. The SMILES string of the molecule is C[C@H](C1CN(C)N1)N(COCC[Si](C)(C)C)C(=N)C1COc2ccc(O)cc2C1. The largest absolute Gasteiger partial charge is 0.508 e. The summed E-state index contributed by atoms with van der Waals surface area (Å²) in [5.74, 6) is 1.54. The fourth-order valence-corrected chi connectivity index (χ4v) is 4.53. The zero-order chi connectivity index (χ0) is 21.2. The van der Waals surface area contributed by atoms with E-state index in [0.29, 0.717) is 31.6 Å². The Labute approximate surface area is 175 Å². The molecule has 0 saturated carbocycles. The number of nitrogens with one attached hydrogen (secondary N) is 2. The van der Waals surface area contributed by atoms with Crippen LogP contribution in [0, 0.1) is 11.3 Å². The fraction of sp³-hybridized carbons (Fsp3) is 0.667. The molecule has 3 atom stereocenters. The lowest BCUT2D eigenvalue weighted by Crippen LogP contribution is -2.68. The molecule has 0 amide bonds. The molecule has 1 fully saturated rings. The highest BCUT2D eigenvalue weighted by molar-refractivity contribution is 6.76. The van der Waals surface area contributed by atoms with Crippen LogP contribution in [0.1, 0.15) is 12.5 Å². The number of likely N-dealkylation sites (N-methyl/N-ethyl adjacent to an activating group) is 1. The number of phenolic OH excluding ortho intramolecular Hbond substituents is 1. The minimum absolute atomic E-state index is 0.0508. The number of phenols is 1. The van der Waals surface area contributed by atoms with Gasteiger partial charge >= 0.3 is 0 Å². The maximum absolute atomic E-state index is 9.81. The van der Waals surface area contributed by atoms with Crippen molar-refractivity contribution in [1.82, 2.24) is 15.3 Å². The molecule has 29 heavy (non-hydrogen) atoms. The van der Waals surface area contributed by atoms with Gasteiger partial charge in [-0.15, -0.1) is 0 Å². The predicted octanol–water partition coefficient (Wildman–Crippen LogP) is 2.74. The van der Waals surface area contributed by atoms with Gasteiger partial charge in [0.1, 0.15) is 24.1 Å². The third kappa shape index (κ3) is 5.72. The number of rotatable bonds is 8. The normalized spacial score (nSPS) is 22.9. The summed E-state index contributed by atoms with van der Waals surface area (Å²) in [5.41, 5.74) is 4.36. The van der Waals surface area contributed by atoms with Crippen molar-refractivity contribution in [2.24, 2.45) is 5.92 Å². The van der Waals surface area contributed by atoms with Gasteiger partial charge in [-0.1, -0.05) is 19.6 Å². The average molecular weight is 421 g/mol. The van der Waals surface area contributed by atoms with E-state index in [0.717, 1.165) is 30.5 Å². The smallest absolute Gasteiger partial charge is 0.122 e. The molecule has 3 rings (SSSR count). The number of nitrogens with zero attached hydrogens (tertiary/aromatic N) is 2. The van der Waals surface area contributed by atoms with E-state index in [-0.39, 0.29) is 17.7 Å². The van der Waals surface area contributed by atoms with Gasteiger partial charge in [-0.25, -0.2) is 10.4 Å². The number of benzene rings is 1. The maximum atomic E-state index is 9.81. The molecule has 0 spiro atoms. The summed E-state index contributed by atoms with van der Waals surface area (Å²) in [6, 6.07) is 6.77. The molecule has 2 unspecified atom stereocenters. The Kier molecular flexibility index (Phi) is 6.88. The van der Waals surface area contributed by atoms with Gasteiger partial charge in [0.25, 0.3) is 0 Å². The van der Waals surface area contributed by atoms with E-state index in [4.69, 9.17) is 14.9 Å². The number of ether oxygens (including phenoxy) is 2. The molecule has 7 nitrogen and oxygen atoms in total. The van der Waals surface area contributed by atoms with Crippen molar-refractivity contribution in [2.75, 3.05) is 33.5 Å². The van der Waals surface area contributed by atoms with E-state index < -0.39 is 8.07 Å². The molecule has 162 valence electrons. The summed E-state index contributed by atoms with van der Waals surface area (Å²) in [4.78, 5) is 2.08. The Balaban J connectivity index is 1.66. The van der Waals surface area contributed by atoms with Gasteiger partial charge in [0.05, 0.1) is 18.6 Å². The van der Waals surface area contributed by atoms with Crippen molar-refractivity contribution in [3.8, 4) is 11.5 Å². The quantitative estimate of drug-likeness (QED) is 0.197. The van der Waals surface area contributed by atoms with E-state index in [2.05, 4.69) is 41.9 Å². The molecular formula is C21H36N4O3Si. The number of amidine groups is 1. The summed E-state index contributed by atoms with van der Waals surface area (Å²) in [7, 11) is 0.882. The first-order chi connectivity index (χ1) is 13.6. The second kappa shape index (κ2) is 9.03. The predicted molar refractivity (Wildman–Crippen MR) is 118 cm³/mol. The number of aromatic hydroxyl groups is 1. The van der Waals surface area contributed by atoms with Crippen molar-refractivity contribution < 1.29 is 14.6 Å². The molecule has 1 saturated heterocycles. The van der Waals surface area contributed by atoms with Crippen molar-refractivity contribution >= 4 is 13.9 Å². The topological polar surface area (TPSA) is 81.1 Å². The first kappa shape index (κ1) is 22.1. The second-order valence-corrected chi connectivity index (χ2v) is 15.2. The summed E-state index contributed by atoms with van der Waals surface area (Å²) >= 11 is 0. The lowest BCUT2D eigenvalue weighted by atomic mass is 9.93. The zero-order valence-electron chi connectivity index (χ0n) is 18.4. The third-order valence-electron chi connectivity index (χ3n) is 5.80. The van der Waals surface area contributed by atoms with Crippen LogP contribution in [0.3, 0.4) is 0 Å². The Hall–Kier alpha value is -1.61. The molecule has 3 N–H and O–H groups in total. The Morgan fingerprint density at radius 2 is 2.17 bits per heavy atom. The molecule has 0 radical (unpaired) electrons. The standard InChI is InChI=1S/C21H36N4O3Si/c1-15(19-12-24(2)23-19)25(14-27-8-9-29(3,4)5)21(22)17-10-16-11-18(26)6-7-20(16)28-13-17/h6-7,11,15,17,19,22-23,26H,8-10,12-14H2,1-5H3/t15-,17?,19?/m1/s1. The van der Waals surface area contributed by atoms with Gasteiger partial charge in [0, 0.05) is 34.3 Å². The third-order valence-corrected chi connectivity index (χ3v) is 7.51.